The number of hydrogen-bond donors (Lipinski definition) is 2. The van der Waals surface area contributed by atoms with Crippen LogP contribution in [0.3, 0.4) is 0 Å². The molecule has 4 heteroatoms. The third-order valence-corrected chi connectivity index (χ3v) is 3.26. The maximum atomic E-state index is 11.9. The molecule has 0 saturated carbocycles. The third kappa shape index (κ3) is 4.84. The number of hydrogen-bond acceptors (Lipinski definition) is 3. The van der Waals surface area contributed by atoms with Crippen LogP contribution < -0.4 is 16.0 Å². The second-order valence-corrected chi connectivity index (χ2v) is 5.03. The van der Waals surface area contributed by atoms with Crippen LogP contribution in [-0.2, 0) is 4.79 Å². The van der Waals surface area contributed by atoms with Gasteiger partial charge in [0.15, 0.2) is 0 Å². The van der Waals surface area contributed by atoms with Crippen LogP contribution in [0.25, 0.3) is 0 Å². The molecule has 0 aliphatic carbocycles. The molecular formula is C17H21N3O. The highest BCUT2D eigenvalue weighted by atomic mass is 16.1. The van der Waals surface area contributed by atoms with E-state index in [9.17, 15) is 4.79 Å². The summed E-state index contributed by atoms with van der Waals surface area (Å²) >= 11 is 0. The van der Waals surface area contributed by atoms with Crippen molar-refractivity contribution in [3.8, 4) is 0 Å². The van der Waals surface area contributed by atoms with Crippen LogP contribution in [0.4, 0.5) is 17.1 Å². The maximum Gasteiger partial charge on any atom is 0.224 e. The van der Waals surface area contributed by atoms with Gasteiger partial charge in [-0.1, -0.05) is 24.3 Å². The first-order valence-electron chi connectivity index (χ1n) is 7.07. The van der Waals surface area contributed by atoms with E-state index in [-0.39, 0.29) is 5.91 Å². The van der Waals surface area contributed by atoms with Crippen LogP contribution in [0, 0.1) is 0 Å². The summed E-state index contributed by atoms with van der Waals surface area (Å²) in [5, 5.41) is 2.86. The second kappa shape index (κ2) is 7.33. The van der Waals surface area contributed by atoms with E-state index in [2.05, 4.69) is 22.3 Å². The van der Waals surface area contributed by atoms with E-state index in [4.69, 9.17) is 5.73 Å². The zero-order valence-electron chi connectivity index (χ0n) is 12.3. The van der Waals surface area contributed by atoms with Gasteiger partial charge in [0.25, 0.3) is 0 Å². The van der Waals surface area contributed by atoms with Crippen molar-refractivity contribution in [1.82, 2.24) is 0 Å². The molecule has 0 radical (unpaired) electrons. The van der Waals surface area contributed by atoms with Gasteiger partial charge < -0.3 is 16.0 Å². The highest BCUT2D eigenvalue weighted by Crippen LogP contribution is 2.13. The molecule has 0 aromatic heterocycles. The van der Waals surface area contributed by atoms with E-state index in [0.717, 1.165) is 24.3 Å². The maximum absolute atomic E-state index is 11.9. The van der Waals surface area contributed by atoms with Crippen molar-refractivity contribution in [1.29, 1.82) is 0 Å². The first-order chi connectivity index (χ1) is 10.1. The highest BCUT2D eigenvalue weighted by Gasteiger charge is 2.04. The Morgan fingerprint density at radius 2 is 1.90 bits per heavy atom. The van der Waals surface area contributed by atoms with Crippen molar-refractivity contribution in [2.45, 2.75) is 12.8 Å². The van der Waals surface area contributed by atoms with Crippen LogP contribution in [0.5, 0.6) is 0 Å². The zero-order chi connectivity index (χ0) is 15.1. The van der Waals surface area contributed by atoms with Crippen LogP contribution >= 0.6 is 0 Å². The van der Waals surface area contributed by atoms with Gasteiger partial charge in [0, 0.05) is 37.1 Å². The fourth-order valence-corrected chi connectivity index (χ4v) is 2.13. The Bertz CT molecular complexity index is 584. The van der Waals surface area contributed by atoms with Gasteiger partial charge in [-0.05, 0) is 36.8 Å². The molecule has 0 aliphatic heterocycles. The first kappa shape index (κ1) is 14.9. The van der Waals surface area contributed by atoms with E-state index < -0.39 is 0 Å². The molecule has 1 amide bonds. The number of nitrogens with one attached hydrogen (secondary N) is 1. The minimum atomic E-state index is 0.0158. The van der Waals surface area contributed by atoms with Gasteiger partial charge in [-0.3, -0.25) is 4.79 Å². The topological polar surface area (TPSA) is 58.4 Å². The molecule has 0 spiro atoms. The van der Waals surface area contributed by atoms with Crippen molar-refractivity contribution < 1.29 is 4.79 Å². The Morgan fingerprint density at radius 1 is 1.14 bits per heavy atom. The Hall–Kier alpha value is -2.49. The lowest BCUT2D eigenvalue weighted by molar-refractivity contribution is -0.116. The van der Waals surface area contributed by atoms with Gasteiger partial charge in [-0.2, -0.15) is 0 Å². The highest BCUT2D eigenvalue weighted by molar-refractivity contribution is 5.91. The molecule has 0 heterocycles. The van der Waals surface area contributed by atoms with Crippen molar-refractivity contribution in [2.75, 3.05) is 29.5 Å². The molecule has 110 valence electrons. The van der Waals surface area contributed by atoms with Gasteiger partial charge in [0.05, 0.1) is 0 Å². The monoisotopic (exact) mass is 283 g/mol. The Balaban J connectivity index is 1.74. The SMILES string of the molecule is CN(CCCC(=O)Nc1cccc(N)c1)c1ccccc1. The number of nitrogens with zero attached hydrogens (tertiary/aromatic N) is 1. The molecule has 3 N–H and O–H groups in total. The molecule has 0 aliphatic rings. The number of nitrogens with two attached hydrogens (primary N) is 1. The summed E-state index contributed by atoms with van der Waals surface area (Å²) in [5.74, 6) is 0.0158. The summed E-state index contributed by atoms with van der Waals surface area (Å²) < 4.78 is 0. The molecular weight excluding hydrogens is 262 g/mol. The smallest absolute Gasteiger partial charge is 0.224 e. The van der Waals surface area contributed by atoms with Crippen molar-refractivity contribution in [2.24, 2.45) is 0 Å². The number of nitrogen functional groups attached to an aromatic ring is 1. The number of benzene rings is 2. The van der Waals surface area contributed by atoms with Crippen molar-refractivity contribution in [3.63, 3.8) is 0 Å². The molecule has 2 aromatic carbocycles. The standard InChI is InChI=1S/C17H21N3O/c1-20(16-9-3-2-4-10-16)12-6-11-17(21)19-15-8-5-7-14(18)13-15/h2-5,7-10,13H,6,11-12,18H2,1H3,(H,19,21). The number of para-hydroxylation sites is 1. The summed E-state index contributed by atoms with van der Waals surface area (Å²) in [6.07, 6.45) is 1.30. The lowest BCUT2D eigenvalue weighted by atomic mass is 10.2. The second-order valence-electron chi connectivity index (χ2n) is 5.03. The fraction of sp³-hybridized carbons (Fsp3) is 0.235. The number of anilines is 3. The van der Waals surface area contributed by atoms with E-state index in [1.807, 2.05) is 37.4 Å². The molecule has 0 fully saturated rings. The molecule has 21 heavy (non-hydrogen) atoms. The molecule has 2 aromatic rings. The van der Waals surface area contributed by atoms with Crippen LogP contribution in [0.1, 0.15) is 12.8 Å². The van der Waals surface area contributed by atoms with E-state index in [1.54, 1.807) is 12.1 Å². The van der Waals surface area contributed by atoms with Crippen LogP contribution in [-0.4, -0.2) is 19.5 Å². The number of carbonyl (C=O) groups excluding carboxylic acids is 1. The number of carbonyl (C=O) groups is 1. The molecule has 0 atom stereocenters. The summed E-state index contributed by atoms with van der Waals surface area (Å²) in [7, 11) is 2.03. The first-order valence-corrected chi connectivity index (χ1v) is 7.07. The van der Waals surface area contributed by atoms with Crippen LogP contribution in [0.15, 0.2) is 54.6 Å². The molecule has 4 nitrogen and oxygen atoms in total. The van der Waals surface area contributed by atoms with Gasteiger partial charge in [0.2, 0.25) is 5.91 Å². The number of amides is 1. The molecule has 0 bridgehead atoms. The molecule has 0 saturated heterocycles. The lowest BCUT2D eigenvalue weighted by Gasteiger charge is -2.18. The normalized spacial score (nSPS) is 10.1. The Morgan fingerprint density at radius 3 is 2.62 bits per heavy atom. The summed E-state index contributed by atoms with van der Waals surface area (Å²) in [4.78, 5) is 14.0. The predicted octanol–water partition coefficient (Wildman–Crippen LogP) is 3.12. The van der Waals surface area contributed by atoms with Gasteiger partial charge in [-0.25, -0.2) is 0 Å². The van der Waals surface area contributed by atoms with E-state index in [1.165, 1.54) is 0 Å². The lowest BCUT2D eigenvalue weighted by Crippen LogP contribution is -2.20. The Kier molecular flexibility index (Phi) is 5.21. The minimum absolute atomic E-state index is 0.0158. The van der Waals surface area contributed by atoms with E-state index in [0.29, 0.717) is 12.1 Å². The average molecular weight is 283 g/mol. The molecule has 2 rings (SSSR count). The van der Waals surface area contributed by atoms with Crippen molar-refractivity contribution in [3.05, 3.63) is 54.6 Å². The molecule has 0 unspecified atom stereocenters. The summed E-state index contributed by atoms with van der Waals surface area (Å²) in [6, 6.07) is 17.4. The minimum Gasteiger partial charge on any atom is -0.399 e. The number of rotatable bonds is 6. The predicted molar refractivity (Wildman–Crippen MR) is 88.4 cm³/mol. The van der Waals surface area contributed by atoms with Crippen molar-refractivity contribution >= 4 is 23.0 Å². The summed E-state index contributed by atoms with van der Waals surface area (Å²) in [5.41, 5.74) is 8.24. The fourth-order valence-electron chi connectivity index (χ4n) is 2.13. The van der Waals surface area contributed by atoms with Gasteiger partial charge >= 0.3 is 0 Å². The van der Waals surface area contributed by atoms with E-state index >= 15 is 0 Å². The zero-order valence-corrected chi connectivity index (χ0v) is 12.3. The quantitative estimate of drug-likeness (QED) is 0.801. The largest absolute Gasteiger partial charge is 0.399 e. The van der Waals surface area contributed by atoms with Crippen LogP contribution in [0.2, 0.25) is 0 Å². The third-order valence-electron chi connectivity index (χ3n) is 3.26. The average Bonchev–Trinajstić information content (AvgIpc) is 2.48. The van der Waals surface area contributed by atoms with Gasteiger partial charge in [-0.15, -0.1) is 0 Å². The Labute approximate surface area is 125 Å². The van der Waals surface area contributed by atoms with Gasteiger partial charge in [0.1, 0.15) is 0 Å². The summed E-state index contributed by atoms with van der Waals surface area (Å²) in [6.45, 7) is 0.842.